The number of methoxy groups -OCH3 is 1. The van der Waals surface area contributed by atoms with Crippen LogP contribution in [0.3, 0.4) is 0 Å². The lowest BCUT2D eigenvalue weighted by Crippen LogP contribution is -2.60. The van der Waals surface area contributed by atoms with E-state index in [1.54, 1.807) is 40.1 Å². The van der Waals surface area contributed by atoms with E-state index in [9.17, 15) is 18.8 Å². The van der Waals surface area contributed by atoms with Crippen LogP contribution in [0.15, 0.2) is 48.5 Å². The highest BCUT2D eigenvalue weighted by atomic mass is 19.1. The number of halogens is 1. The number of nitrogens with one attached hydrogen (secondary N) is 1. The molecule has 0 bridgehead atoms. The number of piperidine rings is 1. The summed E-state index contributed by atoms with van der Waals surface area (Å²) in [6.45, 7) is 5.15. The number of hydrogen-bond donors (Lipinski definition) is 1. The average Bonchev–Trinajstić information content (AvgIpc) is 3.25. The second-order valence-electron chi connectivity index (χ2n) is 9.62. The first-order chi connectivity index (χ1) is 17.2. The summed E-state index contributed by atoms with van der Waals surface area (Å²) in [5, 5.41) is 2.92. The Kier molecular flexibility index (Phi) is 7.59. The van der Waals surface area contributed by atoms with E-state index in [-0.39, 0.29) is 35.8 Å². The molecule has 0 saturated carbocycles. The molecule has 3 amide bonds. The Morgan fingerprint density at radius 2 is 1.75 bits per heavy atom. The molecule has 4 rings (SSSR count). The molecule has 2 heterocycles. The first kappa shape index (κ1) is 25.6. The van der Waals surface area contributed by atoms with Gasteiger partial charge in [-0.3, -0.25) is 19.3 Å². The minimum absolute atomic E-state index is 0.0669. The van der Waals surface area contributed by atoms with Gasteiger partial charge >= 0.3 is 0 Å². The van der Waals surface area contributed by atoms with Crippen molar-refractivity contribution in [1.29, 1.82) is 0 Å². The van der Waals surface area contributed by atoms with Gasteiger partial charge in [-0.1, -0.05) is 26.0 Å². The number of benzene rings is 2. The van der Waals surface area contributed by atoms with Crippen LogP contribution in [0.4, 0.5) is 4.39 Å². The summed E-state index contributed by atoms with van der Waals surface area (Å²) in [7, 11) is 1.53. The highest BCUT2D eigenvalue weighted by Crippen LogP contribution is 2.39. The number of hydrogen-bond acceptors (Lipinski definition) is 5. The zero-order valence-electron chi connectivity index (χ0n) is 20.8. The Labute approximate surface area is 210 Å². The van der Waals surface area contributed by atoms with E-state index in [2.05, 4.69) is 5.32 Å². The Morgan fingerprint density at radius 3 is 2.39 bits per heavy atom. The molecular formula is C27H32FN3O5. The largest absolute Gasteiger partial charge is 0.497 e. The minimum Gasteiger partial charge on any atom is -0.497 e. The molecule has 2 aromatic rings. The highest BCUT2D eigenvalue weighted by Gasteiger charge is 2.54. The van der Waals surface area contributed by atoms with E-state index in [1.807, 2.05) is 13.8 Å². The van der Waals surface area contributed by atoms with Crippen molar-refractivity contribution in [1.82, 2.24) is 15.1 Å². The van der Waals surface area contributed by atoms with Gasteiger partial charge in [-0.2, -0.15) is 0 Å². The van der Waals surface area contributed by atoms with Crippen molar-refractivity contribution in [2.75, 3.05) is 33.4 Å². The van der Waals surface area contributed by atoms with Crippen molar-refractivity contribution in [3.8, 4) is 5.75 Å². The van der Waals surface area contributed by atoms with Crippen LogP contribution >= 0.6 is 0 Å². The van der Waals surface area contributed by atoms with Gasteiger partial charge in [0.05, 0.1) is 13.7 Å². The van der Waals surface area contributed by atoms with Crippen LogP contribution < -0.4 is 10.1 Å². The summed E-state index contributed by atoms with van der Waals surface area (Å²) in [6, 6.07) is 11.6. The fraction of sp³-hybridized carbons (Fsp3) is 0.444. The number of amides is 3. The molecule has 192 valence electrons. The molecule has 0 aliphatic carbocycles. The molecule has 1 atom stereocenters. The smallest absolute Gasteiger partial charge is 0.257 e. The van der Waals surface area contributed by atoms with Gasteiger partial charge in [0.25, 0.3) is 11.8 Å². The Morgan fingerprint density at radius 1 is 1.08 bits per heavy atom. The summed E-state index contributed by atoms with van der Waals surface area (Å²) in [4.78, 5) is 43.0. The van der Waals surface area contributed by atoms with Gasteiger partial charge in [-0.05, 0) is 42.3 Å². The summed E-state index contributed by atoms with van der Waals surface area (Å²) in [5.41, 5.74) is -0.369. The van der Waals surface area contributed by atoms with Crippen LogP contribution in [-0.2, 0) is 9.53 Å². The van der Waals surface area contributed by atoms with Crippen LogP contribution in [0.1, 0.15) is 47.4 Å². The number of likely N-dealkylation sites (tertiary alicyclic amines) is 1. The van der Waals surface area contributed by atoms with Gasteiger partial charge in [-0.15, -0.1) is 0 Å². The van der Waals surface area contributed by atoms with Gasteiger partial charge in [0.1, 0.15) is 23.3 Å². The maximum absolute atomic E-state index is 13.8. The monoisotopic (exact) mass is 497 g/mol. The highest BCUT2D eigenvalue weighted by molar-refractivity contribution is 5.99. The van der Waals surface area contributed by atoms with E-state index in [1.165, 1.54) is 25.3 Å². The van der Waals surface area contributed by atoms with Crippen molar-refractivity contribution in [2.24, 2.45) is 5.92 Å². The Bertz CT molecular complexity index is 1130. The van der Waals surface area contributed by atoms with Crippen molar-refractivity contribution in [3.63, 3.8) is 0 Å². The first-order valence-electron chi connectivity index (χ1n) is 12.2. The molecule has 0 unspecified atom stereocenters. The number of ether oxygens (including phenoxy) is 2. The zero-order valence-corrected chi connectivity index (χ0v) is 20.8. The number of carbonyl (C=O) groups is 3. The Balaban J connectivity index is 1.58. The lowest BCUT2D eigenvalue weighted by atomic mass is 9.96. The number of rotatable bonds is 6. The lowest BCUT2D eigenvalue weighted by Gasteiger charge is -2.44. The van der Waals surface area contributed by atoms with Crippen LogP contribution in [0.25, 0.3) is 0 Å². The van der Waals surface area contributed by atoms with Gasteiger partial charge in [0.2, 0.25) is 5.91 Å². The van der Waals surface area contributed by atoms with Crippen molar-refractivity contribution < 1.29 is 28.2 Å². The predicted octanol–water partition coefficient (Wildman–Crippen LogP) is 3.08. The third-order valence-corrected chi connectivity index (χ3v) is 6.69. The van der Waals surface area contributed by atoms with E-state index < -0.39 is 17.6 Å². The third kappa shape index (κ3) is 5.21. The molecule has 36 heavy (non-hydrogen) atoms. The summed E-state index contributed by atoms with van der Waals surface area (Å²) < 4.78 is 25.1. The first-order valence-corrected chi connectivity index (χ1v) is 12.2. The molecule has 0 aromatic heterocycles. The normalized spacial score (nSPS) is 19.0. The summed E-state index contributed by atoms with van der Waals surface area (Å²) in [6.07, 6.45) is 0.662. The molecule has 8 nitrogen and oxygen atoms in total. The van der Waals surface area contributed by atoms with Gasteiger partial charge < -0.3 is 19.7 Å². The van der Waals surface area contributed by atoms with Gasteiger partial charge in [0, 0.05) is 43.6 Å². The number of carbonyl (C=O) groups excluding carboxylic acids is 3. The molecule has 2 aromatic carbocycles. The molecule has 2 aliphatic rings. The fourth-order valence-electron chi connectivity index (χ4n) is 4.75. The lowest BCUT2D eigenvalue weighted by molar-refractivity contribution is -0.128. The van der Waals surface area contributed by atoms with E-state index in [0.717, 1.165) is 0 Å². The van der Waals surface area contributed by atoms with Crippen molar-refractivity contribution >= 4 is 17.7 Å². The molecule has 2 saturated heterocycles. The maximum Gasteiger partial charge on any atom is 0.257 e. The van der Waals surface area contributed by atoms with Crippen LogP contribution in [0.2, 0.25) is 0 Å². The minimum atomic E-state index is -1.03. The standard InChI is InChI=1S/C27H32FN3O5/c1-18(2)16-29-24(32)23-17-36-27(31(23)26(34)20-7-5-9-22(15-20)35-3)10-12-30(13-11-27)25(33)19-6-4-8-21(28)14-19/h4-9,14-15,18,23H,10-13,16-17H2,1-3H3,(H,29,32)/t23-/m0/s1. The molecule has 2 aliphatic heterocycles. The van der Waals surface area contributed by atoms with Crippen molar-refractivity contribution in [3.05, 3.63) is 65.5 Å². The van der Waals surface area contributed by atoms with Crippen LogP contribution in [0.5, 0.6) is 5.75 Å². The predicted molar refractivity (Wildman–Crippen MR) is 131 cm³/mol. The van der Waals surface area contributed by atoms with E-state index in [0.29, 0.717) is 43.8 Å². The molecule has 9 heteroatoms. The summed E-state index contributed by atoms with van der Waals surface area (Å²) >= 11 is 0. The summed E-state index contributed by atoms with van der Waals surface area (Å²) in [5.74, 6) is -0.565. The quantitative estimate of drug-likeness (QED) is 0.663. The molecule has 1 spiro atoms. The van der Waals surface area contributed by atoms with Gasteiger partial charge in [-0.25, -0.2) is 4.39 Å². The second kappa shape index (κ2) is 10.7. The second-order valence-corrected chi connectivity index (χ2v) is 9.62. The molecule has 1 N–H and O–H groups in total. The third-order valence-electron chi connectivity index (χ3n) is 6.69. The van der Waals surface area contributed by atoms with Gasteiger partial charge in [0.15, 0.2) is 0 Å². The average molecular weight is 498 g/mol. The maximum atomic E-state index is 13.8. The topological polar surface area (TPSA) is 88.2 Å². The van der Waals surface area contributed by atoms with Crippen molar-refractivity contribution in [2.45, 2.75) is 38.5 Å². The molecule has 2 fully saturated rings. The van der Waals surface area contributed by atoms with E-state index >= 15 is 0 Å². The zero-order chi connectivity index (χ0) is 25.9. The number of nitrogens with zero attached hydrogens (tertiary/aromatic N) is 2. The van der Waals surface area contributed by atoms with Crippen LogP contribution in [0, 0.1) is 11.7 Å². The fourth-order valence-corrected chi connectivity index (χ4v) is 4.75. The Hall–Kier alpha value is -3.46. The SMILES string of the molecule is COc1cccc(C(=O)N2[C@H](C(=O)NCC(C)C)COC23CCN(C(=O)c2cccc(F)c2)CC3)c1. The van der Waals surface area contributed by atoms with Crippen LogP contribution in [-0.4, -0.2) is 72.6 Å². The van der Waals surface area contributed by atoms with E-state index in [4.69, 9.17) is 9.47 Å². The molecular weight excluding hydrogens is 465 g/mol. The molecule has 0 radical (unpaired) electrons.